The van der Waals surface area contributed by atoms with Crippen molar-refractivity contribution in [1.82, 2.24) is 5.32 Å². The second-order valence-corrected chi connectivity index (χ2v) is 8.91. The number of nitrogens with one attached hydrogen (secondary N) is 1. The summed E-state index contributed by atoms with van der Waals surface area (Å²) in [7, 11) is -3.72. The van der Waals surface area contributed by atoms with E-state index in [0.717, 1.165) is 38.6 Å². The molecule has 0 amide bonds. The molecule has 0 spiro atoms. The van der Waals surface area contributed by atoms with E-state index in [-0.39, 0.29) is 6.10 Å². The van der Waals surface area contributed by atoms with Crippen LogP contribution in [0.25, 0.3) is 0 Å². The number of hydrogen-bond donors (Lipinski definition) is 2. The SMILES string of the molecule is CC(Cc1ccccc1)NCc1ccsc1.NS(=O)(=O)OC1CCCCC1. The van der Waals surface area contributed by atoms with Crippen LogP contribution in [0.2, 0.25) is 0 Å². The number of thiophene rings is 1. The van der Waals surface area contributed by atoms with E-state index >= 15 is 0 Å². The van der Waals surface area contributed by atoms with Crippen LogP contribution in [0.1, 0.15) is 50.2 Å². The summed E-state index contributed by atoms with van der Waals surface area (Å²) in [6.07, 6.45) is 5.81. The van der Waals surface area contributed by atoms with E-state index in [1.54, 1.807) is 11.3 Å². The smallest absolute Gasteiger partial charge is 0.310 e. The Labute approximate surface area is 167 Å². The average molecular weight is 411 g/mol. The van der Waals surface area contributed by atoms with E-state index in [2.05, 4.69) is 63.6 Å². The molecule has 1 aliphatic rings. The molecule has 3 N–H and O–H groups in total. The highest BCUT2D eigenvalue weighted by atomic mass is 32.2. The molecule has 1 aromatic heterocycles. The van der Waals surface area contributed by atoms with Gasteiger partial charge in [0.25, 0.3) is 0 Å². The lowest BCUT2D eigenvalue weighted by molar-refractivity contribution is 0.162. The second-order valence-electron chi connectivity index (χ2n) is 6.95. The minimum absolute atomic E-state index is 0.168. The fourth-order valence-electron chi connectivity index (χ4n) is 3.08. The molecular formula is C20H30N2O3S2. The first-order valence-electron chi connectivity index (χ1n) is 9.42. The van der Waals surface area contributed by atoms with Gasteiger partial charge < -0.3 is 5.32 Å². The molecule has 7 heteroatoms. The summed E-state index contributed by atoms with van der Waals surface area (Å²) < 4.78 is 25.5. The fourth-order valence-corrected chi connectivity index (χ4v) is 4.32. The van der Waals surface area contributed by atoms with Crippen LogP contribution in [0.3, 0.4) is 0 Å². The van der Waals surface area contributed by atoms with Crippen molar-refractivity contribution in [3.05, 3.63) is 58.3 Å². The van der Waals surface area contributed by atoms with Gasteiger partial charge in [-0.2, -0.15) is 19.8 Å². The van der Waals surface area contributed by atoms with Gasteiger partial charge in [0.15, 0.2) is 0 Å². The standard InChI is InChI=1S/C14H17NS.C6H13NO3S/c1-12(9-13-5-3-2-4-6-13)15-10-14-7-8-16-11-14;7-11(8,9)10-6-4-2-1-3-5-6/h2-8,11-12,15H,9-10H2,1H3;6H,1-5H2,(H2,7,8,9). The van der Waals surface area contributed by atoms with E-state index in [0.29, 0.717) is 6.04 Å². The van der Waals surface area contributed by atoms with Crippen molar-refractivity contribution in [2.75, 3.05) is 0 Å². The Bertz CT molecular complexity index is 728. The molecule has 5 nitrogen and oxygen atoms in total. The zero-order valence-electron chi connectivity index (χ0n) is 15.8. The third kappa shape index (κ3) is 10.0. The summed E-state index contributed by atoms with van der Waals surface area (Å²) in [6, 6.07) is 13.3. The quantitative estimate of drug-likeness (QED) is 0.723. The molecule has 2 aromatic rings. The highest BCUT2D eigenvalue weighted by Gasteiger charge is 2.18. The maximum Gasteiger partial charge on any atom is 0.333 e. The lowest BCUT2D eigenvalue weighted by Gasteiger charge is -2.19. The Morgan fingerprint density at radius 1 is 1.15 bits per heavy atom. The van der Waals surface area contributed by atoms with Crippen molar-refractivity contribution in [2.45, 2.75) is 64.1 Å². The lowest BCUT2D eigenvalue weighted by atomic mass is 9.98. The molecule has 1 aliphatic carbocycles. The van der Waals surface area contributed by atoms with E-state index in [1.807, 2.05) is 0 Å². The van der Waals surface area contributed by atoms with Gasteiger partial charge in [-0.05, 0) is 54.1 Å². The Hall–Kier alpha value is -1.25. The predicted octanol–water partition coefficient (Wildman–Crippen LogP) is 4.01. The van der Waals surface area contributed by atoms with Crippen LogP contribution in [-0.2, 0) is 27.5 Å². The first-order valence-corrected chi connectivity index (χ1v) is 11.8. The van der Waals surface area contributed by atoms with Crippen LogP contribution in [0, 0.1) is 0 Å². The zero-order valence-corrected chi connectivity index (χ0v) is 17.5. The van der Waals surface area contributed by atoms with Gasteiger partial charge in [-0.1, -0.05) is 49.6 Å². The van der Waals surface area contributed by atoms with E-state index in [9.17, 15) is 8.42 Å². The first-order chi connectivity index (χ1) is 12.9. The van der Waals surface area contributed by atoms with Crippen LogP contribution in [0.15, 0.2) is 47.2 Å². The van der Waals surface area contributed by atoms with Gasteiger partial charge in [-0.25, -0.2) is 5.14 Å². The molecule has 1 aromatic carbocycles. The minimum atomic E-state index is -3.72. The Morgan fingerprint density at radius 3 is 2.44 bits per heavy atom. The fraction of sp³-hybridized carbons (Fsp3) is 0.500. The molecule has 0 bridgehead atoms. The van der Waals surface area contributed by atoms with Crippen LogP contribution in [0.5, 0.6) is 0 Å². The second kappa shape index (κ2) is 11.6. The van der Waals surface area contributed by atoms with Crippen LogP contribution in [-0.4, -0.2) is 20.6 Å². The van der Waals surface area contributed by atoms with Gasteiger partial charge in [0.1, 0.15) is 0 Å². The number of rotatable bonds is 7. The Kier molecular flexibility index (Phi) is 9.44. The van der Waals surface area contributed by atoms with Crippen molar-refractivity contribution in [3.63, 3.8) is 0 Å². The van der Waals surface area contributed by atoms with Gasteiger partial charge in [-0.3, -0.25) is 4.18 Å². The van der Waals surface area contributed by atoms with Crippen LogP contribution < -0.4 is 10.5 Å². The Balaban J connectivity index is 0.000000208. The van der Waals surface area contributed by atoms with E-state index in [4.69, 9.17) is 5.14 Å². The monoisotopic (exact) mass is 410 g/mol. The third-order valence-corrected chi connectivity index (χ3v) is 5.71. The molecule has 1 heterocycles. The lowest BCUT2D eigenvalue weighted by Crippen LogP contribution is -2.27. The van der Waals surface area contributed by atoms with Crippen molar-refractivity contribution in [2.24, 2.45) is 5.14 Å². The predicted molar refractivity (Wildman–Crippen MR) is 112 cm³/mol. The van der Waals surface area contributed by atoms with Gasteiger partial charge in [-0.15, -0.1) is 0 Å². The van der Waals surface area contributed by atoms with Crippen LogP contribution in [0.4, 0.5) is 0 Å². The summed E-state index contributed by atoms with van der Waals surface area (Å²) >= 11 is 1.76. The van der Waals surface area contributed by atoms with Gasteiger partial charge in [0.05, 0.1) is 6.10 Å². The van der Waals surface area contributed by atoms with Crippen molar-refractivity contribution in [3.8, 4) is 0 Å². The summed E-state index contributed by atoms with van der Waals surface area (Å²) in [6.45, 7) is 3.21. The number of hydrogen-bond acceptors (Lipinski definition) is 5. The molecule has 1 atom stereocenters. The first kappa shape index (κ1) is 22.0. The molecule has 1 unspecified atom stereocenters. The number of nitrogens with two attached hydrogens (primary N) is 1. The molecule has 0 aliphatic heterocycles. The molecule has 150 valence electrons. The highest BCUT2D eigenvalue weighted by Crippen LogP contribution is 2.20. The molecule has 0 radical (unpaired) electrons. The Morgan fingerprint density at radius 2 is 1.85 bits per heavy atom. The largest absolute Gasteiger partial charge is 0.333 e. The maximum atomic E-state index is 10.5. The van der Waals surface area contributed by atoms with E-state index in [1.165, 1.54) is 17.5 Å². The molecule has 27 heavy (non-hydrogen) atoms. The van der Waals surface area contributed by atoms with Gasteiger partial charge in [0, 0.05) is 12.6 Å². The molecule has 0 saturated heterocycles. The molecule has 3 rings (SSSR count). The molecule has 1 fully saturated rings. The average Bonchev–Trinajstić information content (AvgIpc) is 3.14. The summed E-state index contributed by atoms with van der Waals surface area (Å²) in [5.41, 5.74) is 2.78. The topological polar surface area (TPSA) is 81.4 Å². The minimum Gasteiger partial charge on any atom is -0.310 e. The summed E-state index contributed by atoms with van der Waals surface area (Å²) in [5, 5.41) is 12.6. The van der Waals surface area contributed by atoms with Crippen molar-refractivity contribution in [1.29, 1.82) is 0 Å². The van der Waals surface area contributed by atoms with Crippen molar-refractivity contribution >= 4 is 21.6 Å². The molecular weight excluding hydrogens is 380 g/mol. The highest BCUT2D eigenvalue weighted by molar-refractivity contribution is 7.84. The third-order valence-electron chi connectivity index (χ3n) is 4.44. The van der Waals surface area contributed by atoms with Crippen molar-refractivity contribution < 1.29 is 12.6 Å². The number of benzene rings is 1. The normalized spacial score (nSPS) is 16.4. The van der Waals surface area contributed by atoms with Gasteiger partial charge >= 0.3 is 10.3 Å². The maximum absolute atomic E-state index is 10.5. The zero-order chi connectivity index (χ0) is 19.5. The van der Waals surface area contributed by atoms with Gasteiger partial charge in [0.2, 0.25) is 0 Å². The van der Waals surface area contributed by atoms with E-state index < -0.39 is 10.3 Å². The molecule has 1 saturated carbocycles. The summed E-state index contributed by atoms with van der Waals surface area (Å²) in [4.78, 5) is 0. The van der Waals surface area contributed by atoms with Crippen LogP contribution >= 0.6 is 11.3 Å². The summed E-state index contributed by atoms with van der Waals surface area (Å²) in [5.74, 6) is 0.